The van der Waals surface area contributed by atoms with Crippen LogP contribution in [0.2, 0.25) is 0 Å². The number of fused-ring (bicyclic) bond motifs is 1. The third-order valence-corrected chi connectivity index (χ3v) is 11.1. The normalized spacial score (nSPS) is 19.8. The van der Waals surface area contributed by atoms with Crippen LogP contribution in [0, 0.1) is 12.8 Å². The van der Waals surface area contributed by atoms with Gasteiger partial charge in [0.1, 0.15) is 11.6 Å². The van der Waals surface area contributed by atoms with Crippen LogP contribution in [-0.2, 0) is 26.1 Å². The second-order valence-electron chi connectivity index (χ2n) is 11.5. The number of hydrogen-bond acceptors (Lipinski definition) is 9. The molecule has 1 aromatic carbocycles. The lowest BCUT2D eigenvalue weighted by Gasteiger charge is -2.27. The average Bonchev–Trinajstić information content (AvgIpc) is 3.48. The molecule has 3 aromatic rings. The summed E-state index contributed by atoms with van der Waals surface area (Å²) in [4.78, 5) is 39.5. The Morgan fingerprint density at radius 2 is 1.95 bits per heavy atom. The van der Waals surface area contributed by atoms with E-state index in [-0.39, 0.29) is 34.4 Å². The number of carbonyl (C=O) groups excluding carboxylic acids is 2. The first-order valence-electron chi connectivity index (χ1n) is 14.3. The van der Waals surface area contributed by atoms with Gasteiger partial charge in [0, 0.05) is 25.6 Å². The fraction of sp³-hybridized carbons (Fsp3) is 0.448. The van der Waals surface area contributed by atoms with E-state index >= 15 is 0 Å². The van der Waals surface area contributed by atoms with E-state index in [2.05, 4.69) is 21.9 Å². The quantitative estimate of drug-likeness (QED) is 0.375. The number of sulfonamides is 1. The number of aromatic nitrogens is 2. The number of hydrogen-bond donors (Lipinski definition) is 2. The van der Waals surface area contributed by atoms with Crippen LogP contribution < -0.4 is 14.9 Å². The smallest absolute Gasteiger partial charge is 0.256 e. The summed E-state index contributed by atoms with van der Waals surface area (Å²) < 4.78 is 35.2. The molecule has 2 N–H and O–H groups in total. The number of amides is 2. The summed E-state index contributed by atoms with van der Waals surface area (Å²) in [5.74, 6) is 1.46. The molecule has 0 spiro atoms. The molecule has 3 fully saturated rings. The van der Waals surface area contributed by atoms with E-state index in [0.29, 0.717) is 66.5 Å². The van der Waals surface area contributed by atoms with E-state index in [1.54, 1.807) is 11.0 Å². The highest BCUT2D eigenvalue weighted by Gasteiger charge is 2.42. The largest absolute Gasteiger partial charge is 0.378 e. The van der Waals surface area contributed by atoms with E-state index in [1.807, 2.05) is 36.1 Å². The minimum atomic E-state index is -3.99. The number of thiazole rings is 1. The number of benzene rings is 1. The molecule has 2 aromatic heterocycles. The van der Waals surface area contributed by atoms with Gasteiger partial charge in [0.25, 0.3) is 5.91 Å². The van der Waals surface area contributed by atoms with E-state index in [0.717, 1.165) is 29.8 Å². The maximum absolute atomic E-state index is 13.6. The van der Waals surface area contributed by atoms with E-state index in [1.165, 1.54) is 11.3 Å². The first kappa shape index (κ1) is 27.4. The van der Waals surface area contributed by atoms with Crippen molar-refractivity contribution in [1.29, 1.82) is 0 Å². The van der Waals surface area contributed by atoms with Crippen molar-refractivity contribution >= 4 is 49.9 Å². The highest BCUT2D eigenvalue weighted by molar-refractivity contribution is 7.89. The zero-order chi connectivity index (χ0) is 29.2. The van der Waals surface area contributed by atoms with Gasteiger partial charge >= 0.3 is 0 Å². The fourth-order valence-corrected chi connectivity index (χ4v) is 8.32. The van der Waals surface area contributed by atoms with Gasteiger partial charge in [-0.25, -0.2) is 23.1 Å². The molecule has 1 atom stereocenters. The van der Waals surface area contributed by atoms with Crippen molar-refractivity contribution in [3.63, 3.8) is 0 Å². The molecule has 1 unspecified atom stereocenters. The molecule has 11 nitrogen and oxygen atoms in total. The minimum absolute atomic E-state index is 0.00403. The van der Waals surface area contributed by atoms with Crippen LogP contribution in [0.25, 0.3) is 10.4 Å². The topological polar surface area (TPSA) is 134 Å². The Morgan fingerprint density at radius 1 is 1.14 bits per heavy atom. The molecular formula is C29H32N6O5S2. The van der Waals surface area contributed by atoms with Gasteiger partial charge in [-0.1, -0.05) is 17.4 Å². The Labute approximate surface area is 248 Å². The summed E-state index contributed by atoms with van der Waals surface area (Å²) in [6, 6.07) is 8.76. The van der Waals surface area contributed by atoms with E-state index in [9.17, 15) is 18.0 Å². The maximum Gasteiger partial charge on any atom is 0.256 e. The number of anilines is 3. The van der Waals surface area contributed by atoms with Gasteiger partial charge in [0.05, 0.1) is 40.3 Å². The molecule has 1 aliphatic carbocycles. The van der Waals surface area contributed by atoms with Crippen LogP contribution in [0.5, 0.6) is 0 Å². The molecule has 0 bridgehead atoms. The van der Waals surface area contributed by atoms with Gasteiger partial charge in [-0.15, -0.1) is 0 Å². The predicted octanol–water partition coefficient (Wildman–Crippen LogP) is 3.82. The zero-order valence-corrected chi connectivity index (χ0v) is 25.1. The second-order valence-corrected chi connectivity index (χ2v) is 14.1. The molecule has 1 saturated carbocycles. The summed E-state index contributed by atoms with van der Waals surface area (Å²) in [6.07, 6.45) is 3.52. The number of nitrogens with one attached hydrogen (secondary N) is 2. The molecule has 7 rings (SSSR count). The number of pyridine rings is 1. The van der Waals surface area contributed by atoms with Gasteiger partial charge in [0.2, 0.25) is 15.9 Å². The summed E-state index contributed by atoms with van der Waals surface area (Å²) in [7, 11) is -3.99. The summed E-state index contributed by atoms with van der Waals surface area (Å²) >= 11 is 1.39. The number of nitrogens with zero attached hydrogens (tertiary/aromatic N) is 4. The van der Waals surface area contributed by atoms with Crippen molar-refractivity contribution in [3.05, 3.63) is 47.2 Å². The standard InChI is InChI=1S/C29H32N6O5S2/c1-16-27(41-29(30-16)32-23-5-3-6-24(31-23)34-10-4-7-25(34)36)19-11-20-13-35(17(2)18-8-9-18)28(37)26(20)22(12-19)42(38,39)33-21-14-40-15-21/h3,5-6,11-12,17-18,21,33H,4,7-10,13-15H2,1-2H3,(H,30,31,32). The Hall–Kier alpha value is -3.39. The van der Waals surface area contributed by atoms with Gasteiger partial charge in [-0.05, 0) is 74.4 Å². The van der Waals surface area contributed by atoms with Crippen molar-refractivity contribution in [3.8, 4) is 10.4 Å². The average molecular weight is 609 g/mol. The second kappa shape index (κ2) is 10.4. The Kier molecular flexibility index (Phi) is 6.80. The van der Waals surface area contributed by atoms with Crippen LogP contribution >= 0.6 is 11.3 Å². The van der Waals surface area contributed by atoms with Crippen LogP contribution in [0.3, 0.4) is 0 Å². The van der Waals surface area contributed by atoms with Crippen LogP contribution in [0.15, 0.2) is 35.2 Å². The molecular weight excluding hydrogens is 576 g/mol. The van der Waals surface area contributed by atoms with Crippen molar-refractivity contribution in [1.82, 2.24) is 19.6 Å². The highest BCUT2D eigenvalue weighted by atomic mass is 32.2. The Bertz CT molecular complexity index is 1700. The van der Waals surface area contributed by atoms with Gasteiger partial charge < -0.3 is 15.0 Å². The molecule has 13 heteroatoms. The van der Waals surface area contributed by atoms with Crippen molar-refractivity contribution in [2.24, 2.45) is 5.92 Å². The SMILES string of the molecule is Cc1nc(Nc2cccc(N3CCCC3=O)n2)sc1-c1cc2c(c(S(=O)(=O)NC3COC3)c1)C(=O)N(C(C)C1CC1)C2. The lowest BCUT2D eigenvalue weighted by molar-refractivity contribution is -0.117. The maximum atomic E-state index is 13.6. The third kappa shape index (κ3) is 4.97. The molecule has 4 aliphatic rings. The van der Waals surface area contributed by atoms with Gasteiger partial charge in [-0.2, -0.15) is 0 Å². The Morgan fingerprint density at radius 3 is 2.64 bits per heavy atom. The van der Waals surface area contributed by atoms with E-state index in [4.69, 9.17) is 9.72 Å². The van der Waals surface area contributed by atoms with Crippen molar-refractivity contribution in [2.75, 3.05) is 30.0 Å². The summed E-state index contributed by atoms with van der Waals surface area (Å²) in [5.41, 5.74) is 2.39. The lowest BCUT2D eigenvalue weighted by atomic mass is 10.0. The van der Waals surface area contributed by atoms with Gasteiger partial charge in [0.15, 0.2) is 5.13 Å². The van der Waals surface area contributed by atoms with E-state index < -0.39 is 10.0 Å². The first-order valence-corrected chi connectivity index (χ1v) is 16.6. The predicted molar refractivity (Wildman–Crippen MR) is 158 cm³/mol. The van der Waals surface area contributed by atoms with Crippen LogP contribution in [-0.4, -0.2) is 66.9 Å². The lowest BCUT2D eigenvalue weighted by Crippen LogP contribution is -2.48. The number of aryl methyl sites for hydroxylation is 1. The van der Waals surface area contributed by atoms with Gasteiger partial charge in [-0.3, -0.25) is 14.5 Å². The molecule has 220 valence electrons. The summed E-state index contributed by atoms with van der Waals surface area (Å²) in [5, 5.41) is 3.84. The molecule has 2 saturated heterocycles. The number of carbonyl (C=O) groups is 2. The van der Waals surface area contributed by atoms with Crippen molar-refractivity contribution < 1.29 is 22.7 Å². The molecule has 2 amide bonds. The first-order chi connectivity index (χ1) is 20.2. The fourth-order valence-electron chi connectivity index (χ4n) is 5.89. The monoisotopic (exact) mass is 608 g/mol. The zero-order valence-electron chi connectivity index (χ0n) is 23.4. The number of rotatable bonds is 9. The minimum Gasteiger partial charge on any atom is -0.378 e. The van der Waals surface area contributed by atoms with Crippen LogP contribution in [0.4, 0.5) is 16.8 Å². The third-order valence-electron chi connectivity index (χ3n) is 8.42. The van der Waals surface area contributed by atoms with Crippen LogP contribution in [0.1, 0.15) is 54.2 Å². The molecule has 42 heavy (non-hydrogen) atoms. The molecule has 5 heterocycles. The molecule has 3 aliphatic heterocycles. The molecule has 0 radical (unpaired) electrons. The summed E-state index contributed by atoms with van der Waals surface area (Å²) in [6.45, 7) is 5.58. The highest BCUT2D eigenvalue weighted by Crippen LogP contribution is 2.42. The van der Waals surface area contributed by atoms with Crippen molar-refractivity contribution in [2.45, 2.75) is 63.1 Å². The Balaban J connectivity index is 1.23. The number of ether oxygens (including phenoxy) is 1.